The molecule has 0 aliphatic rings. The first-order valence-corrected chi connectivity index (χ1v) is 6.13. The van der Waals surface area contributed by atoms with Crippen LogP contribution >= 0.6 is 11.6 Å². The number of alkyl halides is 1. The molecule has 0 atom stereocenters. The van der Waals surface area contributed by atoms with Crippen LogP contribution in [-0.4, -0.2) is 23.2 Å². The molecule has 1 aromatic rings. The van der Waals surface area contributed by atoms with Crippen molar-refractivity contribution >= 4 is 23.2 Å². The van der Waals surface area contributed by atoms with Crippen LogP contribution in [0.5, 0.6) is 0 Å². The van der Waals surface area contributed by atoms with Crippen LogP contribution in [0.3, 0.4) is 0 Å². The first-order chi connectivity index (χ1) is 8.13. The minimum atomic E-state index is -0.100. The molecule has 0 aliphatic carbocycles. The van der Waals surface area contributed by atoms with Gasteiger partial charge in [0.05, 0.1) is 5.88 Å². The van der Waals surface area contributed by atoms with Crippen LogP contribution in [0.1, 0.15) is 31.1 Å². The third-order valence-corrected chi connectivity index (χ3v) is 2.87. The summed E-state index contributed by atoms with van der Waals surface area (Å²) in [5, 5.41) is 0. The molecule has 17 heavy (non-hydrogen) atoms. The number of allylic oxidation sites excluding steroid dienone is 2. The van der Waals surface area contributed by atoms with Gasteiger partial charge in [0.15, 0.2) is 5.78 Å². The van der Waals surface area contributed by atoms with Crippen LogP contribution in [0.25, 0.3) is 0 Å². The molecule has 3 nitrogen and oxygen atoms in total. The van der Waals surface area contributed by atoms with Gasteiger partial charge in [-0.15, -0.1) is 11.6 Å². The van der Waals surface area contributed by atoms with Crippen LogP contribution in [0.15, 0.2) is 30.1 Å². The molecule has 1 heterocycles. The summed E-state index contributed by atoms with van der Waals surface area (Å²) in [4.78, 5) is 17.7. The highest BCUT2D eigenvalue weighted by molar-refractivity contribution is 6.30. The zero-order chi connectivity index (χ0) is 12.8. The summed E-state index contributed by atoms with van der Waals surface area (Å²) in [5.41, 5.74) is 1.69. The van der Waals surface area contributed by atoms with E-state index in [2.05, 4.69) is 16.8 Å². The Kier molecular flexibility index (Phi) is 5.16. The fourth-order valence-corrected chi connectivity index (χ4v) is 1.69. The lowest BCUT2D eigenvalue weighted by Gasteiger charge is -2.22. The highest BCUT2D eigenvalue weighted by Crippen LogP contribution is 2.16. The van der Waals surface area contributed by atoms with E-state index in [0.29, 0.717) is 5.56 Å². The SMILES string of the molecule is C/C=C(/C)N(CC)c1ccc(C(=O)CCl)cn1. The van der Waals surface area contributed by atoms with Gasteiger partial charge in [0.2, 0.25) is 0 Å². The van der Waals surface area contributed by atoms with Crippen molar-refractivity contribution in [3.05, 3.63) is 35.7 Å². The highest BCUT2D eigenvalue weighted by atomic mass is 35.5. The minimum Gasteiger partial charge on any atom is -0.331 e. The zero-order valence-corrected chi connectivity index (χ0v) is 11.2. The molecule has 0 saturated heterocycles. The average molecular weight is 253 g/mol. The van der Waals surface area contributed by atoms with E-state index in [9.17, 15) is 4.79 Å². The van der Waals surface area contributed by atoms with Crippen LogP contribution in [0, 0.1) is 0 Å². The van der Waals surface area contributed by atoms with Gasteiger partial charge in [0.1, 0.15) is 5.82 Å². The Balaban J connectivity index is 2.97. The van der Waals surface area contributed by atoms with Crippen molar-refractivity contribution in [3.8, 4) is 0 Å². The predicted octanol–water partition coefficient (Wildman–Crippen LogP) is 3.25. The topological polar surface area (TPSA) is 33.2 Å². The molecule has 92 valence electrons. The average Bonchev–Trinajstić information content (AvgIpc) is 2.39. The second-order valence-corrected chi connectivity index (χ2v) is 3.90. The first-order valence-electron chi connectivity index (χ1n) is 5.59. The van der Waals surface area contributed by atoms with Crippen LogP contribution < -0.4 is 4.90 Å². The Hall–Kier alpha value is -1.35. The number of aromatic nitrogens is 1. The normalized spacial score (nSPS) is 11.4. The predicted molar refractivity (Wildman–Crippen MR) is 71.7 cm³/mol. The van der Waals surface area contributed by atoms with E-state index in [0.717, 1.165) is 18.1 Å². The second-order valence-electron chi connectivity index (χ2n) is 3.64. The molecule has 0 radical (unpaired) electrons. The van der Waals surface area contributed by atoms with Crippen molar-refractivity contribution in [2.75, 3.05) is 17.3 Å². The van der Waals surface area contributed by atoms with Gasteiger partial charge in [-0.05, 0) is 32.9 Å². The lowest BCUT2D eigenvalue weighted by Crippen LogP contribution is -2.21. The number of ketones is 1. The number of halogens is 1. The highest BCUT2D eigenvalue weighted by Gasteiger charge is 2.09. The third-order valence-electron chi connectivity index (χ3n) is 2.63. The van der Waals surface area contributed by atoms with Crippen LogP contribution in [-0.2, 0) is 0 Å². The zero-order valence-electron chi connectivity index (χ0n) is 10.4. The molecule has 0 aliphatic heterocycles. The van der Waals surface area contributed by atoms with Gasteiger partial charge in [-0.1, -0.05) is 6.08 Å². The summed E-state index contributed by atoms with van der Waals surface area (Å²) >= 11 is 5.49. The molecule has 0 unspecified atom stereocenters. The maximum absolute atomic E-state index is 11.4. The first kappa shape index (κ1) is 13.7. The Morgan fingerprint density at radius 2 is 2.24 bits per heavy atom. The van der Waals surface area contributed by atoms with Gasteiger partial charge in [0.25, 0.3) is 0 Å². The lowest BCUT2D eigenvalue weighted by molar-refractivity contribution is 0.102. The number of pyridine rings is 1. The van der Waals surface area contributed by atoms with Crippen molar-refractivity contribution in [1.82, 2.24) is 4.98 Å². The van der Waals surface area contributed by atoms with Crippen LogP contribution in [0.2, 0.25) is 0 Å². The fourth-order valence-electron chi connectivity index (χ4n) is 1.54. The van der Waals surface area contributed by atoms with Crippen molar-refractivity contribution in [3.63, 3.8) is 0 Å². The Labute approximate surface area is 107 Å². The second kappa shape index (κ2) is 6.40. The maximum Gasteiger partial charge on any atom is 0.179 e. The van der Waals surface area contributed by atoms with E-state index in [1.165, 1.54) is 0 Å². The van der Waals surface area contributed by atoms with Crippen molar-refractivity contribution in [2.45, 2.75) is 20.8 Å². The molecule has 0 bridgehead atoms. The molecular formula is C13H17ClN2O. The number of carbonyl (C=O) groups excluding carboxylic acids is 1. The van der Waals surface area contributed by atoms with Gasteiger partial charge in [-0.25, -0.2) is 4.98 Å². The van der Waals surface area contributed by atoms with E-state index in [-0.39, 0.29) is 11.7 Å². The molecule has 0 fully saturated rings. The summed E-state index contributed by atoms with van der Waals surface area (Å²) in [6, 6.07) is 3.61. The Morgan fingerprint density at radius 1 is 1.53 bits per heavy atom. The van der Waals surface area contributed by atoms with Gasteiger partial charge < -0.3 is 4.90 Å². The number of rotatable bonds is 5. The molecular weight excluding hydrogens is 236 g/mol. The molecule has 0 amide bonds. The largest absolute Gasteiger partial charge is 0.331 e. The van der Waals surface area contributed by atoms with Crippen molar-refractivity contribution < 1.29 is 4.79 Å². The van der Waals surface area contributed by atoms with Crippen molar-refractivity contribution in [2.24, 2.45) is 0 Å². The van der Waals surface area contributed by atoms with Gasteiger partial charge in [-0.2, -0.15) is 0 Å². The molecule has 1 aromatic heterocycles. The van der Waals surface area contributed by atoms with E-state index in [1.54, 1.807) is 12.3 Å². The number of Topliss-reactive ketones (excluding diaryl/α,β-unsaturated/α-hetero) is 1. The summed E-state index contributed by atoms with van der Waals surface area (Å²) < 4.78 is 0. The van der Waals surface area contributed by atoms with E-state index in [1.807, 2.05) is 26.0 Å². The monoisotopic (exact) mass is 252 g/mol. The van der Waals surface area contributed by atoms with E-state index >= 15 is 0 Å². The molecule has 0 saturated carbocycles. The Morgan fingerprint density at radius 3 is 2.65 bits per heavy atom. The molecule has 0 spiro atoms. The fraction of sp³-hybridized carbons (Fsp3) is 0.385. The Bertz CT molecular complexity index is 412. The summed E-state index contributed by atoms with van der Waals surface area (Å²) in [6.45, 7) is 6.92. The number of anilines is 1. The molecule has 1 rings (SSSR count). The number of hydrogen-bond donors (Lipinski definition) is 0. The number of nitrogens with zero attached hydrogens (tertiary/aromatic N) is 2. The molecule has 4 heteroatoms. The maximum atomic E-state index is 11.4. The summed E-state index contributed by atoms with van der Waals surface area (Å²) in [6.07, 6.45) is 3.61. The quantitative estimate of drug-likeness (QED) is 0.596. The van der Waals surface area contributed by atoms with E-state index in [4.69, 9.17) is 11.6 Å². The molecule has 0 aromatic carbocycles. The third kappa shape index (κ3) is 3.30. The van der Waals surface area contributed by atoms with E-state index < -0.39 is 0 Å². The van der Waals surface area contributed by atoms with Gasteiger partial charge in [0, 0.05) is 24.0 Å². The van der Waals surface area contributed by atoms with Crippen LogP contribution in [0.4, 0.5) is 5.82 Å². The molecule has 0 N–H and O–H groups in total. The lowest BCUT2D eigenvalue weighted by atomic mass is 10.2. The van der Waals surface area contributed by atoms with Gasteiger partial charge >= 0.3 is 0 Å². The minimum absolute atomic E-state index is 0.00753. The summed E-state index contributed by atoms with van der Waals surface area (Å²) in [5.74, 6) is 0.734. The van der Waals surface area contributed by atoms with Gasteiger partial charge in [-0.3, -0.25) is 4.79 Å². The number of hydrogen-bond acceptors (Lipinski definition) is 3. The smallest absolute Gasteiger partial charge is 0.179 e. The van der Waals surface area contributed by atoms with Crippen molar-refractivity contribution in [1.29, 1.82) is 0 Å². The summed E-state index contributed by atoms with van der Waals surface area (Å²) in [7, 11) is 0. The number of carbonyl (C=O) groups is 1. The standard InChI is InChI=1S/C13H17ClN2O/c1-4-10(3)16(5-2)13-7-6-11(9-15-13)12(17)8-14/h4,6-7,9H,5,8H2,1-3H3/b10-4-.